The number of aromatic hydroxyl groups is 2. The van der Waals surface area contributed by atoms with Gasteiger partial charge in [0.25, 0.3) is 0 Å². The summed E-state index contributed by atoms with van der Waals surface area (Å²) in [7, 11) is 0. The van der Waals surface area contributed by atoms with Gasteiger partial charge < -0.3 is 10.2 Å². The van der Waals surface area contributed by atoms with Crippen LogP contribution in [0.1, 0.15) is 11.1 Å². The van der Waals surface area contributed by atoms with E-state index in [0.717, 1.165) is 22.3 Å². The smallest absolute Gasteiger partial charge is 0.123 e. The highest BCUT2D eigenvalue weighted by Gasteiger charge is 2.06. The van der Waals surface area contributed by atoms with Crippen molar-refractivity contribution in [3.8, 4) is 22.6 Å². The van der Waals surface area contributed by atoms with Gasteiger partial charge in [0.05, 0.1) is 0 Å². The van der Waals surface area contributed by atoms with Crippen LogP contribution in [0.5, 0.6) is 11.5 Å². The van der Waals surface area contributed by atoms with Crippen molar-refractivity contribution in [3.63, 3.8) is 0 Å². The molecule has 82 valence electrons. The molecular formula is C14H14O2. The van der Waals surface area contributed by atoms with Crippen LogP contribution < -0.4 is 0 Å². The Kier molecular flexibility index (Phi) is 2.57. The fourth-order valence-corrected chi connectivity index (χ4v) is 1.66. The molecule has 0 saturated carbocycles. The molecule has 0 aliphatic carbocycles. The molecule has 0 aromatic heterocycles. The van der Waals surface area contributed by atoms with Crippen LogP contribution in [-0.4, -0.2) is 10.2 Å². The summed E-state index contributed by atoms with van der Waals surface area (Å²) in [4.78, 5) is 0. The Morgan fingerprint density at radius 2 is 1.56 bits per heavy atom. The first-order chi connectivity index (χ1) is 7.58. The molecule has 0 bridgehead atoms. The maximum atomic E-state index is 9.82. The molecule has 2 aromatic rings. The van der Waals surface area contributed by atoms with E-state index in [1.165, 1.54) is 0 Å². The zero-order valence-corrected chi connectivity index (χ0v) is 9.36. The second kappa shape index (κ2) is 3.89. The predicted molar refractivity (Wildman–Crippen MR) is 64.7 cm³/mol. The minimum atomic E-state index is 0.239. The van der Waals surface area contributed by atoms with Gasteiger partial charge in [-0.25, -0.2) is 0 Å². The van der Waals surface area contributed by atoms with E-state index < -0.39 is 0 Å². The average Bonchev–Trinajstić information content (AvgIpc) is 2.22. The summed E-state index contributed by atoms with van der Waals surface area (Å²) in [6, 6.07) is 10.9. The molecule has 0 saturated heterocycles. The Morgan fingerprint density at radius 3 is 2.19 bits per heavy atom. The standard InChI is InChI=1S/C14H14O2/c1-9-3-6-12(14(16)7-9)11-5-4-10(2)13(15)8-11/h3-8,15-16H,1-2H3. The number of hydrogen-bond acceptors (Lipinski definition) is 2. The molecule has 0 spiro atoms. The molecule has 0 aliphatic heterocycles. The number of aryl methyl sites for hydroxylation is 2. The highest BCUT2D eigenvalue weighted by molar-refractivity contribution is 5.72. The Hall–Kier alpha value is -1.96. The van der Waals surface area contributed by atoms with Gasteiger partial charge in [-0.3, -0.25) is 0 Å². The third kappa shape index (κ3) is 1.87. The Labute approximate surface area is 94.8 Å². The van der Waals surface area contributed by atoms with Crippen LogP contribution in [0.15, 0.2) is 36.4 Å². The van der Waals surface area contributed by atoms with Gasteiger partial charge in [-0.1, -0.05) is 24.3 Å². The number of rotatable bonds is 1. The summed E-state index contributed by atoms with van der Waals surface area (Å²) in [6.07, 6.45) is 0. The fourth-order valence-electron chi connectivity index (χ4n) is 1.66. The monoisotopic (exact) mass is 214 g/mol. The van der Waals surface area contributed by atoms with Crippen molar-refractivity contribution < 1.29 is 10.2 Å². The zero-order chi connectivity index (χ0) is 11.7. The van der Waals surface area contributed by atoms with E-state index >= 15 is 0 Å². The molecule has 0 radical (unpaired) electrons. The van der Waals surface area contributed by atoms with Crippen LogP contribution in [0, 0.1) is 13.8 Å². The molecule has 0 fully saturated rings. The van der Waals surface area contributed by atoms with Crippen molar-refractivity contribution in [3.05, 3.63) is 47.5 Å². The maximum Gasteiger partial charge on any atom is 0.123 e. The number of benzene rings is 2. The molecular weight excluding hydrogens is 200 g/mol. The molecule has 2 N–H and O–H groups in total. The summed E-state index contributed by atoms with van der Waals surface area (Å²) in [5, 5.41) is 19.4. The van der Waals surface area contributed by atoms with Crippen molar-refractivity contribution in [1.29, 1.82) is 0 Å². The van der Waals surface area contributed by atoms with Gasteiger partial charge in [0.1, 0.15) is 11.5 Å². The molecule has 0 unspecified atom stereocenters. The Morgan fingerprint density at radius 1 is 0.812 bits per heavy atom. The molecule has 0 atom stereocenters. The molecule has 0 heterocycles. The minimum absolute atomic E-state index is 0.239. The lowest BCUT2D eigenvalue weighted by atomic mass is 10.0. The van der Waals surface area contributed by atoms with Crippen LogP contribution in [0.25, 0.3) is 11.1 Å². The fraction of sp³-hybridized carbons (Fsp3) is 0.143. The molecule has 2 rings (SSSR count). The topological polar surface area (TPSA) is 40.5 Å². The summed E-state index contributed by atoms with van der Waals surface area (Å²) in [6.45, 7) is 3.77. The van der Waals surface area contributed by atoms with Gasteiger partial charge in [-0.15, -0.1) is 0 Å². The van der Waals surface area contributed by atoms with E-state index in [1.54, 1.807) is 12.1 Å². The third-order valence-electron chi connectivity index (χ3n) is 2.67. The second-order valence-electron chi connectivity index (χ2n) is 4.02. The van der Waals surface area contributed by atoms with Gasteiger partial charge in [0.2, 0.25) is 0 Å². The zero-order valence-electron chi connectivity index (χ0n) is 9.36. The highest BCUT2D eigenvalue weighted by atomic mass is 16.3. The van der Waals surface area contributed by atoms with E-state index in [2.05, 4.69) is 0 Å². The number of hydrogen-bond donors (Lipinski definition) is 2. The predicted octanol–water partition coefficient (Wildman–Crippen LogP) is 3.38. The molecule has 2 aromatic carbocycles. The van der Waals surface area contributed by atoms with Crippen LogP contribution in [0.2, 0.25) is 0 Å². The first-order valence-corrected chi connectivity index (χ1v) is 5.17. The lowest BCUT2D eigenvalue weighted by Gasteiger charge is -2.07. The van der Waals surface area contributed by atoms with Crippen molar-refractivity contribution in [2.75, 3.05) is 0 Å². The molecule has 16 heavy (non-hydrogen) atoms. The van der Waals surface area contributed by atoms with Gasteiger partial charge in [-0.2, -0.15) is 0 Å². The van der Waals surface area contributed by atoms with Crippen LogP contribution >= 0.6 is 0 Å². The summed E-state index contributed by atoms with van der Waals surface area (Å²) < 4.78 is 0. The van der Waals surface area contributed by atoms with Gasteiger partial charge >= 0.3 is 0 Å². The first-order valence-electron chi connectivity index (χ1n) is 5.17. The van der Waals surface area contributed by atoms with Crippen molar-refractivity contribution in [1.82, 2.24) is 0 Å². The van der Waals surface area contributed by atoms with Gasteiger partial charge in [0.15, 0.2) is 0 Å². The van der Waals surface area contributed by atoms with Gasteiger partial charge in [0, 0.05) is 5.56 Å². The average molecular weight is 214 g/mol. The third-order valence-corrected chi connectivity index (χ3v) is 2.67. The van der Waals surface area contributed by atoms with Crippen molar-refractivity contribution in [2.45, 2.75) is 13.8 Å². The number of phenolic OH excluding ortho intramolecular Hbond substituents is 2. The van der Waals surface area contributed by atoms with E-state index in [-0.39, 0.29) is 11.5 Å². The van der Waals surface area contributed by atoms with Crippen molar-refractivity contribution in [2.24, 2.45) is 0 Å². The largest absolute Gasteiger partial charge is 0.508 e. The minimum Gasteiger partial charge on any atom is -0.508 e. The molecule has 2 heteroatoms. The Bertz CT molecular complexity index is 530. The van der Waals surface area contributed by atoms with E-state index in [4.69, 9.17) is 0 Å². The Balaban J connectivity index is 2.54. The lowest BCUT2D eigenvalue weighted by molar-refractivity contribution is 0.470. The van der Waals surface area contributed by atoms with Crippen molar-refractivity contribution >= 4 is 0 Å². The van der Waals surface area contributed by atoms with E-state index in [0.29, 0.717) is 0 Å². The first kappa shape index (κ1) is 10.6. The SMILES string of the molecule is Cc1ccc(-c2ccc(C)c(O)c2)c(O)c1. The van der Waals surface area contributed by atoms with Crippen LogP contribution in [0.3, 0.4) is 0 Å². The van der Waals surface area contributed by atoms with Crippen LogP contribution in [-0.2, 0) is 0 Å². The molecule has 0 amide bonds. The normalized spacial score (nSPS) is 10.4. The highest BCUT2D eigenvalue weighted by Crippen LogP contribution is 2.32. The summed E-state index contributed by atoms with van der Waals surface area (Å²) in [5.41, 5.74) is 3.40. The van der Waals surface area contributed by atoms with Crippen LogP contribution in [0.4, 0.5) is 0 Å². The van der Waals surface area contributed by atoms with Gasteiger partial charge in [-0.05, 0) is 42.7 Å². The molecule has 2 nitrogen and oxygen atoms in total. The summed E-state index contributed by atoms with van der Waals surface area (Å²) in [5.74, 6) is 0.487. The second-order valence-corrected chi connectivity index (χ2v) is 4.02. The number of phenols is 2. The summed E-state index contributed by atoms with van der Waals surface area (Å²) >= 11 is 0. The quantitative estimate of drug-likeness (QED) is 0.764. The maximum absolute atomic E-state index is 9.82. The van der Waals surface area contributed by atoms with E-state index in [9.17, 15) is 10.2 Å². The lowest BCUT2D eigenvalue weighted by Crippen LogP contribution is -1.82. The molecule has 0 aliphatic rings. The van der Waals surface area contributed by atoms with E-state index in [1.807, 2.05) is 38.1 Å².